The molecule has 7 aromatic rings. The minimum atomic E-state index is -2.67. The smallest absolute Gasteiger partial charge is 0.216 e. The molecule has 0 unspecified atom stereocenters. The van der Waals surface area contributed by atoms with Crippen molar-refractivity contribution in [2.45, 2.75) is 54.6 Å². The molecule has 0 saturated heterocycles. The van der Waals surface area contributed by atoms with Gasteiger partial charge < -0.3 is 14.4 Å². The second-order valence-corrected chi connectivity index (χ2v) is 10.9. The third-order valence-corrected chi connectivity index (χ3v) is 6.55. The van der Waals surface area contributed by atoms with Gasteiger partial charge in [0.25, 0.3) is 0 Å². The van der Waals surface area contributed by atoms with Crippen LogP contribution in [0.15, 0.2) is 77.5 Å². The van der Waals surface area contributed by atoms with Crippen LogP contribution in [0.4, 0.5) is 0 Å². The van der Waals surface area contributed by atoms with Crippen LogP contribution < -0.4 is 0 Å². The van der Waals surface area contributed by atoms with E-state index in [1.54, 1.807) is 36.4 Å². The number of aryl methyl sites for hydroxylation is 4. The number of rotatable bonds is 3. The molecule has 0 amide bonds. The Bertz CT molecular complexity index is 2530. The maximum absolute atomic E-state index is 8.25. The number of aromatic nitrogens is 3. The van der Waals surface area contributed by atoms with E-state index in [4.69, 9.17) is 23.6 Å². The summed E-state index contributed by atoms with van der Waals surface area (Å²) in [6.07, 6.45) is 1.09. The van der Waals surface area contributed by atoms with E-state index in [1.165, 1.54) is 24.4 Å². The van der Waals surface area contributed by atoms with Crippen LogP contribution in [0.5, 0.6) is 0 Å². The zero-order chi connectivity index (χ0) is 41.4. The van der Waals surface area contributed by atoms with Crippen LogP contribution in [0.1, 0.15) is 67.9 Å². The number of hydrogen-bond donors (Lipinski definition) is 0. The van der Waals surface area contributed by atoms with Crippen molar-refractivity contribution in [1.82, 2.24) is 15.0 Å². The average molecular weight is 756 g/mol. The minimum Gasteiger partial charge on any atom is -0.486 e. The molecule has 0 atom stereocenters. The second-order valence-electron chi connectivity index (χ2n) is 10.9. The Morgan fingerprint density at radius 2 is 1.65 bits per heavy atom. The first kappa shape index (κ1) is 17.4. The molecule has 4 aromatic heterocycles. The molecular weight excluding hydrogens is 707 g/mol. The number of benzene rings is 3. The predicted octanol–water partition coefficient (Wildman–Crippen LogP) is 9.80. The van der Waals surface area contributed by atoms with Crippen LogP contribution in [0.2, 0.25) is 0 Å². The Hall–Kier alpha value is -3.92. The standard InChI is InChI=1S/C21H15N2O.C17H20N.Ir/c1-11-8-17(22-10-12(11)2)16-7-6-14-4-5-15-9-13(3)23-21-19(15)18(14)20(16)24-21;1-13-5-8-15(9-6-13)16-10-7-14(12-18-16)11-17(2,3)4;/h4-6,8-10H,1-3H3;5-8,10,12H,11H2,1-4H3;/q2*-1;/i1D3,2D3,3D3;1D3,11D2;. The van der Waals surface area contributed by atoms with Crippen molar-refractivity contribution < 1.29 is 43.7 Å². The van der Waals surface area contributed by atoms with E-state index in [9.17, 15) is 0 Å². The van der Waals surface area contributed by atoms with Gasteiger partial charge in [0.1, 0.15) is 0 Å². The topological polar surface area (TPSA) is 51.8 Å². The van der Waals surface area contributed by atoms with E-state index in [2.05, 4.69) is 27.1 Å². The van der Waals surface area contributed by atoms with E-state index in [1.807, 2.05) is 26.8 Å². The first-order valence-electron chi connectivity index (χ1n) is 20.2. The molecule has 4 nitrogen and oxygen atoms in total. The van der Waals surface area contributed by atoms with Crippen molar-refractivity contribution in [1.29, 1.82) is 0 Å². The van der Waals surface area contributed by atoms with E-state index in [0.717, 1.165) is 11.6 Å². The third kappa shape index (κ3) is 6.39. The third-order valence-electron chi connectivity index (χ3n) is 6.55. The summed E-state index contributed by atoms with van der Waals surface area (Å²) < 4.78 is 114. The fraction of sp³-hybridized carbons (Fsp3) is 0.237. The van der Waals surface area contributed by atoms with Gasteiger partial charge in [-0.05, 0) is 71.7 Å². The van der Waals surface area contributed by atoms with Crippen LogP contribution in [-0.2, 0) is 26.5 Å². The number of nitrogens with zero attached hydrogens (tertiary/aromatic N) is 3. The Kier molecular flexibility index (Phi) is 4.85. The van der Waals surface area contributed by atoms with Crippen LogP contribution in [0.25, 0.3) is 55.4 Å². The predicted molar refractivity (Wildman–Crippen MR) is 173 cm³/mol. The molecule has 5 heteroatoms. The fourth-order valence-electron chi connectivity index (χ4n) is 4.74. The first-order valence-corrected chi connectivity index (χ1v) is 13.2. The van der Waals surface area contributed by atoms with Crippen LogP contribution >= 0.6 is 0 Å². The summed E-state index contributed by atoms with van der Waals surface area (Å²) in [5, 5.41) is 2.74. The second kappa shape index (κ2) is 12.0. The summed E-state index contributed by atoms with van der Waals surface area (Å²) >= 11 is 0. The maximum Gasteiger partial charge on any atom is 0.216 e. The van der Waals surface area contributed by atoms with Gasteiger partial charge in [-0.2, -0.15) is 0 Å². The summed E-state index contributed by atoms with van der Waals surface area (Å²) in [5.41, 5.74) is 1.70. The van der Waals surface area contributed by atoms with Gasteiger partial charge in [0.2, 0.25) is 5.71 Å². The van der Waals surface area contributed by atoms with Gasteiger partial charge in [-0.3, -0.25) is 0 Å². The molecule has 3 aromatic carbocycles. The Labute approximate surface area is 287 Å². The molecule has 0 bridgehead atoms. The van der Waals surface area contributed by atoms with E-state index in [-0.39, 0.29) is 53.9 Å². The molecule has 1 radical (unpaired) electrons. The summed E-state index contributed by atoms with van der Waals surface area (Å²) in [7, 11) is 0. The van der Waals surface area contributed by atoms with Crippen molar-refractivity contribution in [3.63, 3.8) is 0 Å². The van der Waals surface area contributed by atoms with Gasteiger partial charge in [-0.25, -0.2) is 4.98 Å². The van der Waals surface area contributed by atoms with E-state index >= 15 is 0 Å². The van der Waals surface area contributed by atoms with Crippen molar-refractivity contribution in [2.24, 2.45) is 5.41 Å². The molecule has 0 spiro atoms. The summed E-state index contributed by atoms with van der Waals surface area (Å²) in [5.74, 6) is 0. The zero-order valence-electron chi connectivity index (χ0n) is 37.5. The van der Waals surface area contributed by atoms with Crippen LogP contribution in [0, 0.1) is 45.0 Å². The number of hydrogen-bond acceptors (Lipinski definition) is 4. The normalized spacial score (nSPS) is 17.8. The quantitative estimate of drug-likeness (QED) is 0.133. The van der Waals surface area contributed by atoms with Gasteiger partial charge in [0.05, 0.1) is 5.58 Å². The molecular formula is C38H35IrN3O-2. The van der Waals surface area contributed by atoms with Crippen molar-refractivity contribution in [2.75, 3.05) is 0 Å². The minimum absolute atomic E-state index is 0. The molecule has 0 N–H and O–H groups in total. The van der Waals surface area contributed by atoms with Gasteiger partial charge in [-0.15, -0.1) is 47.5 Å². The molecule has 0 aliphatic heterocycles. The molecule has 0 fully saturated rings. The molecule has 43 heavy (non-hydrogen) atoms. The van der Waals surface area contributed by atoms with E-state index in [0.29, 0.717) is 44.1 Å². The van der Waals surface area contributed by atoms with Crippen LogP contribution in [0.3, 0.4) is 0 Å². The fourth-order valence-corrected chi connectivity index (χ4v) is 4.74. The van der Waals surface area contributed by atoms with Gasteiger partial charge in [0, 0.05) is 62.8 Å². The Morgan fingerprint density at radius 3 is 2.35 bits per heavy atom. The molecule has 4 heterocycles. The molecule has 0 saturated carbocycles. The van der Waals surface area contributed by atoms with Crippen molar-refractivity contribution in [3.8, 4) is 22.5 Å². The molecule has 0 aliphatic carbocycles. The largest absolute Gasteiger partial charge is 0.486 e. The molecule has 219 valence electrons. The summed E-state index contributed by atoms with van der Waals surface area (Å²) in [6, 6.07) is 22.1. The Balaban J connectivity index is 0.000000229. The maximum atomic E-state index is 8.25. The average Bonchev–Trinajstić information content (AvgIpc) is 3.49. The van der Waals surface area contributed by atoms with Crippen molar-refractivity contribution >= 4 is 32.8 Å². The monoisotopic (exact) mass is 756 g/mol. The van der Waals surface area contributed by atoms with Gasteiger partial charge in [0.15, 0.2) is 0 Å². The Morgan fingerprint density at radius 1 is 0.814 bits per heavy atom. The van der Waals surface area contributed by atoms with Crippen LogP contribution in [-0.4, -0.2) is 15.0 Å². The summed E-state index contributed by atoms with van der Waals surface area (Å²) in [6.45, 7) is -4.34. The summed E-state index contributed by atoms with van der Waals surface area (Å²) in [4.78, 5) is 12.7. The number of furan rings is 1. The zero-order valence-corrected chi connectivity index (χ0v) is 25.9. The molecule has 0 aliphatic rings. The van der Waals surface area contributed by atoms with Gasteiger partial charge >= 0.3 is 0 Å². The SMILES string of the molecule is [2H]C([2H])([2H])c1c[c-]c(-c2ccc(C([2H])([2H])C(C)(C)C)cn2)cc1.[2H]C([2H])([2H])c1cc2ccc3c[c-]c(-c4cc(C([2H])([2H])[2H])c(C([2H])([2H])[2H])cn4)c4oc(n1)c2c34.[Ir]. The van der Waals surface area contributed by atoms with Gasteiger partial charge in [-0.1, -0.05) is 74.5 Å². The first-order chi connectivity index (χ1) is 25.7. The van der Waals surface area contributed by atoms with E-state index < -0.39 is 39.2 Å². The van der Waals surface area contributed by atoms with Crippen molar-refractivity contribution in [3.05, 3.63) is 113 Å². The molecule has 7 rings (SSSR count). The number of pyridine rings is 3.